The van der Waals surface area contributed by atoms with E-state index in [0.29, 0.717) is 12.0 Å². The molecular formula is C18H30N2. The largest absolute Gasteiger partial charge is 0.316 e. The number of benzene rings is 1. The van der Waals surface area contributed by atoms with Crippen molar-refractivity contribution in [1.29, 1.82) is 0 Å². The van der Waals surface area contributed by atoms with Crippen molar-refractivity contribution < 1.29 is 0 Å². The van der Waals surface area contributed by atoms with Crippen LogP contribution in [-0.2, 0) is 12.8 Å². The lowest BCUT2D eigenvalue weighted by Gasteiger charge is -2.32. The Morgan fingerprint density at radius 3 is 2.25 bits per heavy atom. The fourth-order valence-corrected chi connectivity index (χ4v) is 3.13. The van der Waals surface area contributed by atoms with Crippen LogP contribution in [0.25, 0.3) is 0 Å². The summed E-state index contributed by atoms with van der Waals surface area (Å²) in [5, 5.41) is 3.56. The molecular weight excluding hydrogens is 244 g/mol. The third-order valence-corrected chi connectivity index (χ3v) is 4.75. The average Bonchev–Trinajstić information content (AvgIpc) is 2.69. The maximum absolute atomic E-state index is 3.56. The zero-order chi connectivity index (χ0) is 14.4. The van der Waals surface area contributed by atoms with Gasteiger partial charge in [0.25, 0.3) is 0 Å². The number of hydrogen-bond donors (Lipinski definition) is 1. The Morgan fingerprint density at radius 2 is 1.70 bits per heavy atom. The highest BCUT2D eigenvalue weighted by Gasteiger charge is 2.22. The van der Waals surface area contributed by atoms with Crippen molar-refractivity contribution in [1.82, 2.24) is 10.2 Å². The Kier molecular flexibility index (Phi) is 6.06. The molecule has 1 aromatic carbocycles. The molecule has 0 saturated carbocycles. The first kappa shape index (κ1) is 15.5. The number of nitrogens with zero attached hydrogens (tertiary/aromatic N) is 1. The SMILES string of the molecule is CCCNCC(C)C(C)N1CCc2ccccc2CC1. The van der Waals surface area contributed by atoms with Gasteiger partial charge >= 0.3 is 0 Å². The minimum Gasteiger partial charge on any atom is -0.316 e. The lowest BCUT2D eigenvalue weighted by molar-refractivity contribution is 0.166. The van der Waals surface area contributed by atoms with Gasteiger partial charge in [-0.1, -0.05) is 38.1 Å². The van der Waals surface area contributed by atoms with Crippen LogP contribution in [0.1, 0.15) is 38.3 Å². The lowest BCUT2D eigenvalue weighted by Crippen LogP contribution is -2.42. The van der Waals surface area contributed by atoms with Gasteiger partial charge in [0.15, 0.2) is 0 Å². The summed E-state index contributed by atoms with van der Waals surface area (Å²) in [6.45, 7) is 11.7. The Morgan fingerprint density at radius 1 is 1.10 bits per heavy atom. The van der Waals surface area contributed by atoms with Gasteiger partial charge < -0.3 is 5.32 Å². The highest BCUT2D eigenvalue weighted by atomic mass is 15.2. The molecule has 1 aromatic rings. The lowest BCUT2D eigenvalue weighted by atomic mass is 10.0. The normalized spacial score (nSPS) is 19.1. The smallest absolute Gasteiger partial charge is 0.0105 e. The van der Waals surface area contributed by atoms with Gasteiger partial charge in [-0.05, 0) is 56.3 Å². The number of fused-ring (bicyclic) bond motifs is 1. The number of rotatable bonds is 6. The van der Waals surface area contributed by atoms with E-state index in [4.69, 9.17) is 0 Å². The van der Waals surface area contributed by atoms with E-state index in [2.05, 4.69) is 55.3 Å². The molecule has 2 heteroatoms. The van der Waals surface area contributed by atoms with Crippen LogP contribution < -0.4 is 5.32 Å². The summed E-state index contributed by atoms with van der Waals surface area (Å²) >= 11 is 0. The second-order valence-electron chi connectivity index (χ2n) is 6.23. The first-order valence-electron chi connectivity index (χ1n) is 8.24. The highest BCUT2D eigenvalue weighted by Crippen LogP contribution is 2.19. The summed E-state index contributed by atoms with van der Waals surface area (Å²) in [6, 6.07) is 9.62. The summed E-state index contributed by atoms with van der Waals surface area (Å²) in [6.07, 6.45) is 3.63. The van der Waals surface area contributed by atoms with Gasteiger partial charge in [-0.15, -0.1) is 0 Å². The van der Waals surface area contributed by atoms with Crippen LogP contribution in [0.4, 0.5) is 0 Å². The minimum absolute atomic E-state index is 0.661. The summed E-state index contributed by atoms with van der Waals surface area (Å²) < 4.78 is 0. The predicted molar refractivity (Wildman–Crippen MR) is 87.2 cm³/mol. The van der Waals surface area contributed by atoms with Crippen LogP contribution in [0.5, 0.6) is 0 Å². The first-order chi connectivity index (χ1) is 9.72. The van der Waals surface area contributed by atoms with Crippen molar-refractivity contribution in [3.8, 4) is 0 Å². The van der Waals surface area contributed by atoms with Crippen LogP contribution >= 0.6 is 0 Å². The Bertz CT molecular complexity index is 375. The van der Waals surface area contributed by atoms with E-state index in [0.717, 1.165) is 13.1 Å². The quantitative estimate of drug-likeness (QED) is 0.802. The molecule has 0 spiro atoms. The molecule has 0 amide bonds. The molecule has 20 heavy (non-hydrogen) atoms. The monoisotopic (exact) mass is 274 g/mol. The van der Waals surface area contributed by atoms with Crippen LogP contribution in [-0.4, -0.2) is 37.1 Å². The van der Waals surface area contributed by atoms with Crippen molar-refractivity contribution in [2.75, 3.05) is 26.2 Å². The molecule has 0 fully saturated rings. The fraction of sp³-hybridized carbons (Fsp3) is 0.667. The zero-order valence-electron chi connectivity index (χ0n) is 13.4. The summed E-state index contributed by atoms with van der Waals surface area (Å²) in [5.41, 5.74) is 3.11. The minimum atomic E-state index is 0.661. The molecule has 1 heterocycles. The van der Waals surface area contributed by atoms with Gasteiger partial charge in [0.2, 0.25) is 0 Å². The van der Waals surface area contributed by atoms with Crippen molar-refractivity contribution in [3.63, 3.8) is 0 Å². The highest BCUT2D eigenvalue weighted by molar-refractivity contribution is 5.28. The molecule has 2 rings (SSSR count). The zero-order valence-corrected chi connectivity index (χ0v) is 13.4. The predicted octanol–water partition coefficient (Wildman–Crippen LogP) is 3.11. The Hall–Kier alpha value is -0.860. The van der Waals surface area contributed by atoms with Gasteiger partial charge in [0.05, 0.1) is 0 Å². The molecule has 0 bridgehead atoms. The molecule has 0 radical (unpaired) electrons. The van der Waals surface area contributed by atoms with E-state index in [1.54, 1.807) is 11.1 Å². The standard InChI is InChI=1S/C18H30N2/c1-4-11-19-14-15(2)16(3)20-12-9-17-7-5-6-8-18(17)10-13-20/h5-8,15-16,19H,4,9-14H2,1-3H3. The molecule has 2 atom stereocenters. The molecule has 2 nitrogen and oxygen atoms in total. The van der Waals surface area contributed by atoms with Crippen molar-refractivity contribution >= 4 is 0 Å². The molecule has 1 N–H and O–H groups in total. The molecule has 1 aliphatic rings. The summed E-state index contributed by atoms with van der Waals surface area (Å²) in [5.74, 6) is 0.711. The van der Waals surface area contributed by atoms with E-state index in [1.807, 2.05) is 0 Å². The van der Waals surface area contributed by atoms with Crippen molar-refractivity contribution in [2.45, 2.75) is 46.1 Å². The van der Waals surface area contributed by atoms with Gasteiger partial charge in [-0.3, -0.25) is 4.90 Å². The van der Waals surface area contributed by atoms with Gasteiger partial charge in [0, 0.05) is 19.1 Å². The van der Waals surface area contributed by atoms with E-state index < -0.39 is 0 Å². The summed E-state index contributed by atoms with van der Waals surface area (Å²) in [4.78, 5) is 2.68. The van der Waals surface area contributed by atoms with E-state index in [9.17, 15) is 0 Å². The topological polar surface area (TPSA) is 15.3 Å². The second-order valence-corrected chi connectivity index (χ2v) is 6.23. The van der Waals surface area contributed by atoms with Gasteiger partial charge in [-0.2, -0.15) is 0 Å². The molecule has 1 aliphatic heterocycles. The summed E-state index contributed by atoms with van der Waals surface area (Å²) in [7, 11) is 0. The van der Waals surface area contributed by atoms with Crippen LogP contribution in [0.2, 0.25) is 0 Å². The third kappa shape index (κ3) is 4.07. The molecule has 0 aliphatic carbocycles. The molecule has 0 saturated heterocycles. The molecule has 0 aromatic heterocycles. The Labute approximate surface area is 124 Å². The third-order valence-electron chi connectivity index (χ3n) is 4.75. The Balaban J connectivity index is 1.88. The van der Waals surface area contributed by atoms with Gasteiger partial charge in [0.1, 0.15) is 0 Å². The number of hydrogen-bond acceptors (Lipinski definition) is 2. The van der Waals surface area contributed by atoms with E-state index >= 15 is 0 Å². The second kappa shape index (κ2) is 7.80. The average molecular weight is 274 g/mol. The first-order valence-corrected chi connectivity index (χ1v) is 8.24. The number of nitrogens with one attached hydrogen (secondary N) is 1. The van der Waals surface area contributed by atoms with Crippen LogP contribution in [0, 0.1) is 5.92 Å². The van der Waals surface area contributed by atoms with Gasteiger partial charge in [-0.25, -0.2) is 0 Å². The van der Waals surface area contributed by atoms with Crippen molar-refractivity contribution in [3.05, 3.63) is 35.4 Å². The molecule has 2 unspecified atom stereocenters. The van der Waals surface area contributed by atoms with E-state index in [1.165, 1.54) is 32.4 Å². The maximum atomic E-state index is 3.56. The van der Waals surface area contributed by atoms with E-state index in [-0.39, 0.29) is 0 Å². The van der Waals surface area contributed by atoms with Crippen molar-refractivity contribution in [2.24, 2.45) is 5.92 Å². The van der Waals surface area contributed by atoms with Crippen LogP contribution in [0.15, 0.2) is 24.3 Å². The maximum Gasteiger partial charge on any atom is 0.0105 e. The molecule has 112 valence electrons. The van der Waals surface area contributed by atoms with Crippen LogP contribution in [0.3, 0.4) is 0 Å². The fourth-order valence-electron chi connectivity index (χ4n) is 3.13.